The minimum atomic E-state index is -1.23. The lowest BCUT2D eigenvalue weighted by Gasteiger charge is -2.09. The molecule has 0 saturated heterocycles. The Morgan fingerprint density at radius 1 is 1.14 bits per heavy atom. The van der Waals surface area contributed by atoms with Crippen molar-refractivity contribution in [3.05, 3.63) is 59.7 Å². The Morgan fingerprint density at radius 3 is 2.52 bits per heavy atom. The molecule has 0 fully saturated rings. The molecule has 2 atom stereocenters. The van der Waals surface area contributed by atoms with E-state index in [4.69, 9.17) is 4.74 Å². The number of hydrogen-bond donors (Lipinski definition) is 0. The van der Waals surface area contributed by atoms with Crippen LogP contribution in [0.5, 0.6) is 0 Å². The van der Waals surface area contributed by atoms with Gasteiger partial charge in [0, 0.05) is 4.90 Å². The molecular formula is C17H17NO2S. The Labute approximate surface area is 127 Å². The van der Waals surface area contributed by atoms with Gasteiger partial charge in [0.05, 0.1) is 27.3 Å². The zero-order chi connectivity index (χ0) is 14.8. The predicted octanol–water partition coefficient (Wildman–Crippen LogP) is 3.33. The summed E-state index contributed by atoms with van der Waals surface area (Å²) in [7, 11) is -1.23. The molecule has 0 spiro atoms. The molecule has 1 aliphatic rings. The molecule has 0 bridgehead atoms. The highest BCUT2D eigenvalue weighted by Gasteiger charge is 2.21. The van der Waals surface area contributed by atoms with Gasteiger partial charge in [-0.3, -0.25) is 0 Å². The SMILES string of the molecule is Cc1ccc([S@@](=O)c2ccccc2C2=N[C@H](C)CO2)cc1. The predicted molar refractivity (Wildman–Crippen MR) is 84.2 cm³/mol. The molecule has 0 N–H and O–H groups in total. The van der Waals surface area contributed by atoms with Crippen LogP contribution in [0.25, 0.3) is 0 Å². The van der Waals surface area contributed by atoms with Gasteiger partial charge in [-0.15, -0.1) is 0 Å². The van der Waals surface area contributed by atoms with E-state index in [2.05, 4.69) is 4.99 Å². The lowest BCUT2D eigenvalue weighted by atomic mass is 10.2. The molecule has 0 radical (unpaired) electrons. The van der Waals surface area contributed by atoms with Crippen molar-refractivity contribution in [2.24, 2.45) is 4.99 Å². The van der Waals surface area contributed by atoms with Crippen LogP contribution in [0.1, 0.15) is 18.1 Å². The van der Waals surface area contributed by atoms with Crippen molar-refractivity contribution < 1.29 is 8.95 Å². The fraction of sp³-hybridized carbons (Fsp3) is 0.235. The number of nitrogens with zero attached hydrogens (tertiary/aromatic N) is 1. The lowest BCUT2D eigenvalue weighted by molar-refractivity contribution is 0.323. The summed E-state index contributed by atoms with van der Waals surface area (Å²) in [5.74, 6) is 0.596. The van der Waals surface area contributed by atoms with Crippen molar-refractivity contribution in [2.75, 3.05) is 6.61 Å². The molecule has 3 nitrogen and oxygen atoms in total. The average Bonchev–Trinajstić information content (AvgIpc) is 2.94. The normalized spacial score (nSPS) is 19.0. The summed E-state index contributed by atoms with van der Waals surface area (Å²) in [5, 5.41) is 0. The second-order valence-corrected chi connectivity index (χ2v) is 6.62. The Morgan fingerprint density at radius 2 is 1.86 bits per heavy atom. The first-order chi connectivity index (χ1) is 10.1. The van der Waals surface area contributed by atoms with Gasteiger partial charge in [-0.25, -0.2) is 9.20 Å². The summed E-state index contributed by atoms with van der Waals surface area (Å²) < 4.78 is 18.4. The molecule has 0 saturated carbocycles. The molecule has 4 heteroatoms. The summed E-state index contributed by atoms with van der Waals surface area (Å²) in [5.41, 5.74) is 1.97. The maximum atomic E-state index is 12.8. The van der Waals surface area contributed by atoms with Crippen molar-refractivity contribution in [3.63, 3.8) is 0 Å². The number of hydrogen-bond acceptors (Lipinski definition) is 3. The van der Waals surface area contributed by atoms with E-state index in [1.54, 1.807) is 0 Å². The Balaban J connectivity index is 2.01. The molecule has 1 aliphatic heterocycles. The van der Waals surface area contributed by atoms with Crippen LogP contribution in [0.4, 0.5) is 0 Å². The summed E-state index contributed by atoms with van der Waals surface area (Å²) >= 11 is 0. The Kier molecular flexibility index (Phi) is 3.88. The highest BCUT2D eigenvalue weighted by molar-refractivity contribution is 7.85. The van der Waals surface area contributed by atoms with Gasteiger partial charge in [0.15, 0.2) is 0 Å². The molecule has 0 amide bonds. The van der Waals surface area contributed by atoms with E-state index in [9.17, 15) is 4.21 Å². The first kappa shape index (κ1) is 14.0. The summed E-state index contributed by atoms with van der Waals surface area (Å²) in [6.07, 6.45) is 0. The van der Waals surface area contributed by atoms with Gasteiger partial charge >= 0.3 is 0 Å². The van der Waals surface area contributed by atoms with Crippen molar-refractivity contribution in [3.8, 4) is 0 Å². The first-order valence-electron chi connectivity index (χ1n) is 6.93. The Hall–Kier alpha value is -1.94. The molecule has 1 heterocycles. The summed E-state index contributed by atoms with van der Waals surface area (Å²) in [6.45, 7) is 4.61. The minimum absolute atomic E-state index is 0.154. The third-order valence-corrected chi connectivity index (χ3v) is 4.81. The van der Waals surface area contributed by atoms with Gasteiger partial charge in [0.25, 0.3) is 0 Å². The topological polar surface area (TPSA) is 38.7 Å². The van der Waals surface area contributed by atoms with Crippen LogP contribution in [0.3, 0.4) is 0 Å². The van der Waals surface area contributed by atoms with Crippen LogP contribution < -0.4 is 0 Å². The minimum Gasteiger partial charge on any atom is -0.475 e. The Bertz CT molecular complexity index is 707. The van der Waals surface area contributed by atoms with Gasteiger partial charge in [-0.05, 0) is 38.1 Å². The zero-order valence-electron chi connectivity index (χ0n) is 12.1. The number of aryl methyl sites for hydroxylation is 1. The molecule has 2 aromatic rings. The average molecular weight is 299 g/mol. The van der Waals surface area contributed by atoms with E-state index in [0.717, 1.165) is 20.9 Å². The highest BCUT2D eigenvalue weighted by Crippen LogP contribution is 2.23. The lowest BCUT2D eigenvalue weighted by Crippen LogP contribution is -2.07. The smallest absolute Gasteiger partial charge is 0.217 e. The van der Waals surface area contributed by atoms with Crippen LogP contribution >= 0.6 is 0 Å². The van der Waals surface area contributed by atoms with Crippen LogP contribution in [0, 0.1) is 6.92 Å². The number of rotatable bonds is 3. The van der Waals surface area contributed by atoms with Gasteiger partial charge in [0.1, 0.15) is 6.61 Å². The standard InChI is InChI=1S/C17H17NO2S/c1-12-7-9-14(10-8-12)21(19)16-6-4-3-5-15(16)17-18-13(2)11-20-17/h3-10,13H,11H2,1-2H3/t13-,21-/m1/s1. The van der Waals surface area contributed by atoms with E-state index in [-0.39, 0.29) is 6.04 Å². The molecular weight excluding hydrogens is 282 g/mol. The van der Waals surface area contributed by atoms with E-state index in [1.165, 1.54) is 0 Å². The fourth-order valence-corrected chi connectivity index (χ4v) is 3.41. The van der Waals surface area contributed by atoms with E-state index in [1.807, 2.05) is 62.4 Å². The maximum absolute atomic E-state index is 12.8. The summed E-state index contributed by atoms with van der Waals surface area (Å²) in [6, 6.07) is 15.5. The molecule has 0 unspecified atom stereocenters. The van der Waals surface area contributed by atoms with E-state index >= 15 is 0 Å². The second kappa shape index (κ2) is 5.82. The third-order valence-electron chi connectivity index (χ3n) is 3.35. The number of benzene rings is 2. The highest BCUT2D eigenvalue weighted by atomic mass is 32.2. The van der Waals surface area contributed by atoms with E-state index in [0.29, 0.717) is 12.5 Å². The summed E-state index contributed by atoms with van der Waals surface area (Å²) in [4.78, 5) is 6.01. The zero-order valence-corrected chi connectivity index (χ0v) is 12.9. The quantitative estimate of drug-likeness (QED) is 0.872. The molecule has 0 aliphatic carbocycles. The van der Waals surface area contributed by atoms with Crippen LogP contribution in [0.15, 0.2) is 63.3 Å². The third kappa shape index (κ3) is 2.90. The van der Waals surface area contributed by atoms with Crippen molar-refractivity contribution in [1.29, 1.82) is 0 Å². The molecule has 21 heavy (non-hydrogen) atoms. The van der Waals surface area contributed by atoms with Crippen LogP contribution in [-0.4, -0.2) is 22.8 Å². The van der Waals surface area contributed by atoms with Crippen molar-refractivity contribution in [2.45, 2.75) is 29.7 Å². The van der Waals surface area contributed by atoms with Gasteiger partial charge in [-0.1, -0.05) is 29.8 Å². The van der Waals surface area contributed by atoms with Crippen molar-refractivity contribution >= 4 is 16.7 Å². The largest absolute Gasteiger partial charge is 0.475 e. The van der Waals surface area contributed by atoms with Crippen LogP contribution in [0.2, 0.25) is 0 Å². The van der Waals surface area contributed by atoms with E-state index < -0.39 is 10.8 Å². The molecule has 0 aromatic heterocycles. The molecule has 3 rings (SSSR count). The number of aliphatic imine (C=N–C) groups is 1. The number of ether oxygens (including phenoxy) is 1. The molecule has 108 valence electrons. The first-order valence-corrected chi connectivity index (χ1v) is 8.08. The fourth-order valence-electron chi connectivity index (χ4n) is 2.22. The maximum Gasteiger partial charge on any atom is 0.217 e. The molecule has 2 aromatic carbocycles. The van der Waals surface area contributed by atoms with Gasteiger partial charge in [-0.2, -0.15) is 0 Å². The second-order valence-electron chi connectivity index (χ2n) is 5.17. The van der Waals surface area contributed by atoms with Crippen molar-refractivity contribution in [1.82, 2.24) is 0 Å². The van der Waals surface area contributed by atoms with Crippen LogP contribution in [-0.2, 0) is 15.5 Å². The van der Waals surface area contributed by atoms with Gasteiger partial charge in [0.2, 0.25) is 5.90 Å². The van der Waals surface area contributed by atoms with Gasteiger partial charge < -0.3 is 4.74 Å². The monoisotopic (exact) mass is 299 g/mol.